The number of thioether (sulfide) groups is 1. The van der Waals surface area contributed by atoms with Gasteiger partial charge in [0.25, 0.3) is 0 Å². The van der Waals surface area contributed by atoms with Gasteiger partial charge in [0.15, 0.2) is 0 Å². The maximum atomic E-state index is 11.3. The highest BCUT2D eigenvalue weighted by molar-refractivity contribution is 7.99. The zero-order chi connectivity index (χ0) is 11.2. The van der Waals surface area contributed by atoms with E-state index in [1.54, 1.807) is 0 Å². The van der Waals surface area contributed by atoms with E-state index >= 15 is 0 Å². The van der Waals surface area contributed by atoms with Crippen molar-refractivity contribution in [2.45, 2.75) is 34.1 Å². The lowest BCUT2D eigenvalue weighted by Crippen LogP contribution is -2.28. The molecule has 0 aliphatic heterocycles. The number of esters is 1. The van der Waals surface area contributed by atoms with Gasteiger partial charge in [0.1, 0.15) is 0 Å². The van der Waals surface area contributed by atoms with Crippen molar-refractivity contribution in [1.82, 2.24) is 0 Å². The fourth-order valence-corrected chi connectivity index (χ4v) is 2.39. The van der Waals surface area contributed by atoms with Crippen molar-refractivity contribution >= 4 is 17.7 Å². The Balaban J connectivity index is 3.71. The molecule has 14 heavy (non-hydrogen) atoms. The Morgan fingerprint density at radius 3 is 2.43 bits per heavy atom. The van der Waals surface area contributed by atoms with Gasteiger partial charge in [0, 0.05) is 5.75 Å². The van der Waals surface area contributed by atoms with Crippen LogP contribution in [0.4, 0.5) is 0 Å². The van der Waals surface area contributed by atoms with Crippen LogP contribution in [0.15, 0.2) is 0 Å². The Bertz CT molecular complexity index is 176. The SMILES string of the molecule is COC(=O)C(C)(C)CSCCC(C)C. The van der Waals surface area contributed by atoms with Crippen molar-refractivity contribution in [2.75, 3.05) is 18.6 Å². The molecule has 0 aliphatic carbocycles. The third kappa shape index (κ3) is 5.53. The number of ether oxygens (including phenoxy) is 1. The third-order valence-electron chi connectivity index (χ3n) is 2.04. The summed E-state index contributed by atoms with van der Waals surface area (Å²) >= 11 is 1.83. The van der Waals surface area contributed by atoms with E-state index < -0.39 is 0 Å². The first-order chi connectivity index (χ1) is 6.40. The number of hydrogen-bond acceptors (Lipinski definition) is 3. The summed E-state index contributed by atoms with van der Waals surface area (Å²) in [4.78, 5) is 11.3. The number of methoxy groups -OCH3 is 1. The predicted molar refractivity (Wildman–Crippen MR) is 62.6 cm³/mol. The van der Waals surface area contributed by atoms with Gasteiger partial charge in [-0.3, -0.25) is 4.79 Å². The molecule has 0 radical (unpaired) electrons. The van der Waals surface area contributed by atoms with Crippen molar-refractivity contribution in [3.05, 3.63) is 0 Å². The lowest BCUT2D eigenvalue weighted by atomic mass is 9.97. The van der Waals surface area contributed by atoms with Crippen LogP contribution in [0, 0.1) is 11.3 Å². The Morgan fingerprint density at radius 2 is 2.00 bits per heavy atom. The normalized spacial score (nSPS) is 11.9. The Hall–Kier alpha value is -0.180. The predicted octanol–water partition coefficient (Wildman–Crippen LogP) is 2.96. The minimum atomic E-state index is -0.351. The molecule has 0 bridgehead atoms. The standard InChI is InChI=1S/C11H22O2S/c1-9(2)6-7-14-8-11(3,4)10(12)13-5/h9H,6-8H2,1-5H3. The largest absolute Gasteiger partial charge is 0.469 e. The molecule has 0 heterocycles. The first-order valence-electron chi connectivity index (χ1n) is 5.06. The zero-order valence-corrected chi connectivity index (χ0v) is 10.7. The maximum Gasteiger partial charge on any atom is 0.312 e. The first kappa shape index (κ1) is 13.8. The van der Waals surface area contributed by atoms with Crippen LogP contribution >= 0.6 is 11.8 Å². The second-order valence-corrected chi connectivity index (χ2v) is 5.72. The van der Waals surface area contributed by atoms with Gasteiger partial charge < -0.3 is 4.74 Å². The fourth-order valence-electron chi connectivity index (χ4n) is 0.982. The molecular weight excluding hydrogens is 196 g/mol. The smallest absolute Gasteiger partial charge is 0.312 e. The highest BCUT2D eigenvalue weighted by Crippen LogP contribution is 2.24. The highest BCUT2D eigenvalue weighted by Gasteiger charge is 2.28. The van der Waals surface area contributed by atoms with E-state index in [1.807, 2.05) is 25.6 Å². The summed E-state index contributed by atoms with van der Waals surface area (Å²) in [5.74, 6) is 2.59. The van der Waals surface area contributed by atoms with Crippen LogP contribution in [0.3, 0.4) is 0 Å². The average molecular weight is 218 g/mol. The molecule has 0 saturated carbocycles. The van der Waals surface area contributed by atoms with Crippen LogP contribution in [-0.4, -0.2) is 24.6 Å². The summed E-state index contributed by atoms with van der Waals surface area (Å²) in [6.45, 7) is 8.29. The Kier molecular flexibility index (Phi) is 6.25. The molecule has 0 N–H and O–H groups in total. The van der Waals surface area contributed by atoms with Crippen molar-refractivity contribution in [1.29, 1.82) is 0 Å². The van der Waals surface area contributed by atoms with Crippen molar-refractivity contribution in [3.63, 3.8) is 0 Å². The molecule has 0 aromatic carbocycles. The number of carbonyl (C=O) groups excluding carboxylic acids is 1. The van der Waals surface area contributed by atoms with E-state index in [9.17, 15) is 4.79 Å². The highest BCUT2D eigenvalue weighted by atomic mass is 32.2. The van der Waals surface area contributed by atoms with Gasteiger partial charge in [-0.1, -0.05) is 13.8 Å². The van der Waals surface area contributed by atoms with E-state index in [4.69, 9.17) is 4.74 Å². The van der Waals surface area contributed by atoms with Gasteiger partial charge in [-0.05, 0) is 31.9 Å². The van der Waals surface area contributed by atoms with Crippen LogP contribution in [0.25, 0.3) is 0 Å². The lowest BCUT2D eigenvalue weighted by Gasteiger charge is -2.20. The lowest BCUT2D eigenvalue weighted by molar-refractivity contribution is -0.149. The summed E-state index contributed by atoms with van der Waals surface area (Å²) < 4.78 is 4.74. The summed E-state index contributed by atoms with van der Waals surface area (Å²) in [6.07, 6.45) is 1.21. The molecule has 84 valence electrons. The summed E-state index contributed by atoms with van der Waals surface area (Å²) in [6, 6.07) is 0. The first-order valence-corrected chi connectivity index (χ1v) is 6.22. The van der Waals surface area contributed by atoms with Gasteiger partial charge in [-0.15, -0.1) is 0 Å². The number of rotatable bonds is 6. The molecule has 0 fully saturated rings. The summed E-state index contributed by atoms with van der Waals surface area (Å²) in [7, 11) is 1.45. The molecule has 0 rings (SSSR count). The summed E-state index contributed by atoms with van der Waals surface area (Å²) in [5, 5.41) is 0. The minimum Gasteiger partial charge on any atom is -0.469 e. The van der Waals surface area contributed by atoms with Crippen molar-refractivity contribution in [2.24, 2.45) is 11.3 Å². The quantitative estimate of drug-likeness (QED) is 0.506. The van der Waals surface area contributed by atoms with Crippen LogP contribution < -0.4 is 0 Å². The Labute approximate surface area is 91.8 Å². The molecule has 2 nitrogen and oxygen atoms in total. The fraction of sp³-hybridized carbons (Fsp3) is 0.909. The number of hydrogen-bond donors (Lipinski definition) is 0. The minimum absolute atomic E-state index is 0.116. The second kappa shape index (κ2) is 6.33. The van der Waals surface area contributed by atoms with Gasteiger partial charge >= 0.3 is 5.97 Å². The topological polar surface area (TPSA) is 26.3 Å². The van der Waals surface area contributed by atoms with E-state index in [0.29, 0.717) is 0 Å². The van der Waals surface area contributed by atoms with Gasteiger partial charge in [0.2, 0.25) is 0 Å². The zero-order valence-electron chi connectivity index (χ0n) is 9.92. The van der Waals surface area contributed by atoms with Gasteiger partial charge in [0.05, 0.1) is 12.5 Å². The molecule has 3 heteroatoms. The second-order valence-electron chi connectivity index (χ2n) is 4.61. The molecule has 0 amide bonds. The van der Waals surface area contributed by atoms with Crippen LogP contribution in [0.5, 0.6) is 0 Å². The Morgan fingerprint density at radius 1 is 1.43 bits per heavy atom. The molecule has 0 aromatic heterocycles. The third-order valence-corrected chi connectivity index (χ3v) is 3.49. The van der Waals surface area contributed by atoms with Gasteiger partial charge in [-0.2, -0.15) is 11.8 Å². The van der Waals surface area contributed by atoms with E-state index in [-0.39, 0.29) is 11.4 Å². The molecule has 0 spiro atoms. The van der Waals surface area contributed by atoms with Crippen LogP contribution in [-0.2, 0) is 9.53 Å². The van der Waals surface area contributed by atoms with E-state index in [2.05, 4.69) is 13.8 Å². The maximum absolute atomic E-state index is 11.3. The number of carbonyl (C=O) groups is 1. The average Bonchev–Trinajstić information content (AvgIpc) is 2.10. The van der Waals surface area contributed by atoms with Crippen molar-refractivity contribution < 1.29 is 9.53 Å². The van der Waals surface area contributed by atoms with Crippen LogP contribution in [0.2, 0.25) is 0 Å². The molecule has 0 atom stereocenters. The van der Waals surface area contributed by atoms with Crippen molar-refractivity contribution in [3.8, 4) is 0 Å². The monoisotopic (exact) mass is 218 g/mol. The van der Waals surface area contributed by atoms with Gasteiger partial charge in [-0.25, -0.2) is 0 Å². The van der Waals surface area contributed by atoms with Crippen LogP contribution in [0.1, 0.15) is 34.1 Å². The molecule has 0 aliphatic rings. The molecular formula is C11H22O2S. The molecule has 0 aromatic rings. The molecule has 0 saturated heterocycles. The molecule has 0 unspecified atom stereocenters. The summed E-state index contributed by atoms with van der Waals surface area (Å²) in [5.41, 5.74) is -0.351. The van der Waals surface area contributed by atoms with E-state index in [1.165, 1.54) is 13.5 Å². The van der Waals surface area contributed by atoms with E-state index in [0.717, 1.165) is 17.4 Å².